The molecule has 0 unspecified atom stereocenters. The third kappa shape index (κ3) is 3.40. The van der Waals surface area contributed by atoms with Crippen molar-refractivity contribution in [2.45, 2.75) is 0 Å². The number of anilines is 1. The van der Waals surface area contributed by atoms with E-state index in [1.54, 1.807) is 41.4 Å². The van der Waals surface area contributed by atoms with Crippen molar-refractivity contribution in [2.75, 3.05) is 4.90 Å². The first-order chi connectivity index (χ1) is 12.7. The zero-order valence-electron chi connectivity index (χ0n) is 13.4. The molecule has 4 rings (SSSR count). The number of nitrogens with zero attached hydrogens (tertiary/aromatic N) is 3. The lowest BCUT2D eigenvalue weighted by Crippen LogP contribution is -2.28. The molecule has 0 radical (unpaired) electrons. The van der Waals surface area contributed by atoms with Crippen molar-refractivity contribution in [3.05, 3.63) is 76.6 Å². The van der Waals surface area contributed by atoms with Crippen LogP contribution in [0.2, 0.25) is 0 Å². The summed E-state index contributed by atoms with van der Waals surface area (Å²) in [5, 5.41) is 12.4. The van der Waals surface area contributed by atoms with Crippen LogP contribution in [0.5, 0.6) is 5.75 Å². The van der Waals surface area contributed by atoms with Crippen LogP contribution in [0.4, 0.5) is 10.8 Å². The summed E-state index contributed by atoms with van der Waals surface area (Å²) >= 11 is 2.73. The van der Waals surface area contributed by atoms with Crippen molar-refractivity contribution >= 4 is 51.1 Å². The third-order valence-corrected chi connectivity index (χ3v) is 5.26. The number of phenolic OH excluding ortho intramolecular Hbond substituents is 1. The molecule has 128 valence electrons. The first kappa shape index (κ1) is 16.6. The number of aromatic hydroxyl groups is 1. The van der Waals surface area contributed by atoms with Gasteiger partial charge in [-0.3, -0.25) is 9.69 Å². The fourth-order valence-electron chi connectivity index (χ4n) is 2.43. The number of carbonyl (C=O) groups is 1. The van der Waals surface area contributed by atoms with Crippen LogP contribution in [-0.4, -0.2) is 21.2 Å². The summed E-state index contributed by atoms with van der Waals surface area (Å²) in [6, 6.07) is 16.1. The Hall–Kier alpha value is -2.90. The summed E-state index contributed by atoms with van der Waals surface area (Å²) in [5.74, 6) is 0.0547. The van der Waals surface area contributed by atoms with Gasteiger partial charge in [0.05, 0.1) is 10.6 Å². The van der Waals surface area contributed by atoms with Crippen molar-refractivity contribution in [3.63, 3.8) is 0 Å². The largest absolute Gasteiger partial charge is 0.508 e. The lowest BCUT2D eigenvalue weighted by molar-refractivity contribution is -0.113. The van der Waals surface area contributed by atoms with Crippen LogP contribution in [0.1, 0.15) is 5.56 Å². The molecule has 2 heterocycles. The Morgan fingerprint density at radius 2 is 1.85 bits per heavy atom. The Balaban J connectivity index is 1.75. The average molecular weight is 379 g/mol. The smallest absolute Gasteiger partial charge is 0.271 e. The second kappa shape index (κ2) is 7.15. The maximum absolute atomic E-state index is 13.0. The number of amides is 1. The van der Waals surface area contributed by atoms with Crippen molar-refractivity contribution in [2.24, 2.45) is 4.99 Å². The molecule has 7 heteroatoms. The number of aromatic nitrogens is 1. The minimum Gasteiger partial charge on any atom is -0.508 e. The number of phenols is 1. The number of thiazole rings is 1. The molecule has 2 aromatic carbocycles. The van der Waals surface area contributed by atoms with Gasteiger partial charge in [0.15, 0.2) is 5.17 Å². The number of aliphatic imine (C=N–C) groups is 1. The Morgan fingerprint density at radius 3 is 2.54 bits per heavy atom. The molecule has 0 bridgehead atoms. The fourth-order valence-corrected chi connectivity index (χ4v) is 3.97. The molecule has 0 aliphatic carbocycles. The maximum atomic E-state index is 13.0. The first-order valence-corrected chi connectivity index (χ1v) is 9.46. The molecule has 1 fully saturated rings. The molecule has 1 aliphatic heterocycles. The van der Waals surface area contributed by atoms with E-state index in [-0.39, 0.29) is 11.7 Å². The SMILES string of the molecule is O=C1/C(=C/c2ccc(O)cc2)S/C(=N/c2nccs2)N1c1ccccc1. The highest BCUT2D eigenvalue weighted by Gasteiger charge is 2.34. The van der Waals surface area contributed by atoms with E-state index in [1.807, 2.05) is 35.7 Å². The Labute approximate surface area is 158 Å². The van der Waals surface area contributed by atoms with E-state index in [4.69, 9.17) is 0 Å². The quantitative estimate of drug-likeness (QED) is 0.672. The van der Waals surface area contributed by atoms with Crippen LogP contribution in [-0.2, 0) is 4.79 Å². The van der Waals surface area contributed by atoms with Gasteiger partial charge in [0.25, 0.3) is 5.91 Å². The van der Waals surface area contributed by atoms with E-state index in [0.29, 0.717) is 15.2 Å². The predicted molar refractivity (Wildman–Crippen MR) is 107 cm³/mol. The molecule has 5 nitrogen and oxygen atoms in total. The standard InChI is InChI=1S/C19H13N3O2S2/c23-15-8-6-13(7-9-15)12-16-17(24)22(14-4-2-1-3-5-14)19(26-16)21-18-20-10-11-25-18/h1-12,23H/b16-12-,21-19+. The van der Waals surface area contributed by atoms with E-state index in [1.165, 1.54) is 23.1 Å². The van der Waals surface area contributed by atoms with Gasteiger partial charge in [-0.25, -0.2) is 4.98 Å². The molecule has 0 spiro atoms. The number of thioether (sulfide) groups is 1. The van der Waals surface area contributed by atoms with Crippen LogP contribution in [0, 0.1) is 0 Å². The number of benzene rings is 2. The first-order valence-electron chi connectivity index (χ1n) is 7.77. The molecule has 1 saturated heterocycles. The topological polar surface area (TPSA) is 65.8 Å². The number of carbonyl (C=O) groups excluding carboxylic acids is 1. The van der Waals surface area contributed by atoms with Crippen molar-refractivity contribution < 1.29 is 9.90 Å². The lowest BCUT2D eigenvalue weighted by atomic mass is 10.2. The van der Waals surface area contributed by atoms with Crippen LogP contribution in [0.15, 0.2) is 76.1 Å². The molecular formula is C19H13N3O2S2. The summed E-state index contributed by atoms with van der Waals surface area (Å²) in [6.45, 7) is 0. The Kier molecular flexibility index (Phi) is 4.55. The van der Waals surface area contributed by atoms with Crippen LogP contribution in [0.25, 0.3) is 6.08 Å². The van der Waals surface area contributed by atoms with Gasteiger partial charge in [-0.2, -0.15) is 4.99 Å². The summed E-state index contributed by atoms with van der Waals surface area (Å²) in [5.41, 5.74) is 1.59. The molecule has 0 saturated carbocycles. The van der Waals surface area contributed by atoms with Gasteiger partial charge in [-0.1, -0.05) is 30.3 Å². The molecule has 0 atom stereocenters. The van der Waals surface area contributed by atoms with Gasteiger partial charge >= 0.3 is 0 Å². The summed E-state index contributed by atoms with van der Waals surface area (Å²) in [4.78, 5) is 23.9. The summed E-state index contributed by atoms with van der Waals surface area (Å²) in [7, 11) is 0. The fraction of sp³-hybridized carbons (Fsp3) is 0. The van der Waals surface area contributed by atoms with Gasteiger partial charge < -0.3 is 5.11 Å². The number of para-hydroxylation sites is 1. The number of rotatable bonds is 3. The second-order valence-electron chi connectivity index (χ2n) is 5.39. The van der Waals surface area contributed by atoms with E-state index < -0.39 is 0 Å². The normalized spacial score (nSPS) is 17.4. The predicted octanol–water partition coefficient (Wildman–Crippen LogP) is 4.66. The number of hydrogen-bond donors (Lipinski definition) is 1. The van der Waals surface area contributed by atoms with Crippen LogP contribution in [0.3, 0.4) is 0 Å². The highest BCUT2D eigenvalue weighted by Crippen LogP contribution is 2.37. The molecule has 1 aliphatic rings. The second-order valence-corrected chi connectivity index (χ2v) is 7.27. The van der Waals surface area contributed by atoms with E-state index in [9.17, 15) is 9.90 Å². The van der Waals surface area contributed by atoms with E-state index in [2.05, 4.69) is 9.98 Å². The van der Waals surface area contributed by atoms with E-state index >= 15 is 0 Å². The van der Waals surface area contributed by atoms with Gasteiger partial charge in [0, 0.05) is 11.6 Å². The minimum atomic E-state index is -0.135. The third-order valence-electron chi connectivity index (χ3n) is 3.62. The highest BCUT2D eigenvalue weighted by atomic mass is 32.2. The minimum absolute atomic E-state index is 0.135. The van der Waals surface area contributed by atoms with Crippen LogP contribution < -0.4 is 4.90 Å². The molecule has 1 N–H and O–H groups in total. The summed E-state index contributed by atoms with van der Waals surface area (Å²) < 4.78 is 0. The molecule has 1 amide bonds. The van der Waals surface area contributed by atoms with Gasteiger partial charge in [-0.15, -0.1) is 11.3 Å². The average Bonchev–Trinajstić information content (AvgIpc) is 3.27. The zero-order valence-corrected chi connectivity index (χ0v) is 15.1. The van der Waals surface area contributed by atoms with Gasteiger partial charge in [0.1, 0.15) is 5.75 Å². The monoisotopic (exact) mass is 379 g/mol. The molecule has 3 aromatic rings. The van der Waals surface area contributed by atoms with Crippen LogP contribution >= 0.6 is 23.1 Å². The highest BCUT2D eigenvalue weighted by molar-refractivity contribution is 8.19. The zero-order chi connectivity index (χ0) is 17.9. The van der Waals surface area contributed by atoms with Crippen molar-refractivity contribution in [1.82, 2.24) is 4.98 Å². The van der Waals surface area contributed by atoms with Crippen molar-refractivity contribution in [3.8, 4) is 5.75 Å². The maximum Gasteiger partial charge on any atom is 0.271 e. The van der Waals surface area contributed by atoms with Gasteiger partial charge in [-0.05, 0) is 47.7 Å². The Morgan fingerprint density at radius 1 is 1.08 bits per heavy atom. The molecular weight excluding hydrogens is 366 g/mol. The van der Waals surface area contributed by atoms with Crippen molar-refractivity contribution in [1.29, 1.82) is 0 Å². The number of hydrogen-bond acceptors (Lipinski definition) is 6. The van der Waals surface area contributed by atoms with Gasteiger partial charge in [0.2, 0.25) is 5.13 Å². The molecule has 1 aromatic heterocycles. The summed E-state index contributed by atoms with van der Waals surface area (Å²) in [6.07, 6.45) is 3.48. The van der Waals surface area contributed by atoms with E-state index in [0.717, 1.165) is 11.3 Å². The molecule has 26 heavy (non-hydrogen) atoms. The lowest BCUT2D eigenvalue weighted by Gasteiger charge is -2.14. The Bertz CT molecular complexity index is 981. The number of amidine groups is 1.